The Labute approximate surface area is 171 Å². The molecule has 2 heterocycles. The highest BCUT2D eigenvalue weighted by Crippen LogP contribution is 2.39. The average Bonchev–Trinajstić information content (AvgIpc) is 3.09. The molecule has 1 amide bonds. The number of amides is 1. The van der Waals surface area contributed by atoms with Gasteiger partial charge in [0.15, 0.2) is 0 Å². The van der Waals surface area contributed by atoms with Crippen LogP contribution >= 0.6 is 0 Å². The quantitative estimate of drug-likeness (QED) is 0.517. The van der Waals surface area contributed by atoms with E-state index in [9.17, 15) is 4.79 Å². The summed E-state index contributed by atoms with van der Waals surface area (Å²) in [6, 6.07) is 8.13. The van der Waals surface area contributed by atoms with E-state index < -0.39 is 0 Å². The van der Waals surface area contributed by atoms with Crippen LogP contribution in [0.1, 0.15) is 30.5 Å². The summed E-state index contributed by atoms with van der Waals surface area (Å²) < 4.78 is 10.4. The molecule has 0 radical (unpaired) electrons. The predicted octanol–water partition coefficient (Wildman–Crippen LogP) is 3.65. The van der Waals surface area contributed by atoms with Gasteiger partial charge in [-0.25, -0.2) is 4.98 Å². The van der Waals surface area contributed by atoms with E-state index in [-0.39, 0.29) is 12.0 Å². The molecule has 2 atom stereocenters. The van der Waals surface area contributed by atoms with Crippen LogP contribution in [0.3, 0.4) is 0 Å². The lowest BCUT2D eigenvalue weighted by Gasteiger charge is -2.28. The lowest BCUT2D eigenvalue weighted by molar-refractivity contribution is -0.105. The molecule has 0 saturated carbocycles. The summed E-state index contributed by atoms with van der Waals surface area (Å²) in [5.74, 6) is 0.792. The molecule has 7 nitrogen and oxygen atoms in total. The van der Waals surface area contributed by atoms with E-state index in [2.05, 4.69) is 39.5 Å². The molecule has 1 N–H and O–H groups in total. The lowest BCUT2D eigenvalue weighted by Crippen LogP contribution is -2.26. The van der Waals surface area contributed by atoms with Crippen LogP contribution in [0.4, 0.5) is 5.69 Å². The molecule has 0 spiro atoms. The second-order valence-electron chi connectivity index (χ2n) is 7.18. The number of nitrogens with zero attached hydrogens (tertiary/aromatic N) is 3. The highest BCUT2D eigenvalue weighted by Gasteiger charge is 2.31. The number of nitrogens with one attached hydrogen (secondary N) is 1. The van der Waals surface area contributed by atoms with Crippen LogP contribution in [0.2, 0.25) is 0 Å². The van der Waals surface area contributed by atoms with Gasteiger partial charge in [0.1, 0.15) is 0 Å². The summed E-state index contributed by atoms with van der Waals surface area (Å²) in [6.45, 7) is 5.63. The van der Waals surface area contributed by atoms with Crippen LogP contribution in [-0.4, -0.2) is 50.0 Å². The van der Waals surface area contributed by atoms with Crippen LogP contribution in [0.5, 0.6) is 5.88 Å². The van der Waals surface area contributed by atoms with Gasteiger partial charge in [-0.2, -0.15) is 5.10 Å². The molecule has 7 heteroatoms. The summed E-state index contributed by atoms with van der Waals surface area (Å²) in [5, 5.41) is 9.54. The third-order valence-corrected chi connectivity index (χ3v) is 5.19. The van der Waals surface area contributed by atoms with Crippen LogP contribution in [0.15, 0.2) is 35.6 Å². The Morgan fingerprint density at radius 2 is 2.10 bits per heavy atom. The summed E-state index contributed by atoms with van der Waals surface area (Å²) in [5.41, 5.74) is 4.88. The fraction of sp³-hybridized carbons (Fsp3) is 0.409. The first-order valence-corrected chi connectivity index (χ1v) is 9.73. The molecule has 1 aliphatic rings. The summed E-state index contributed by atoms with van der Waals surface area (Å²) in [4.78, 5) is 15.6. The van der Waals surface area contributed by atoms with Crippen LogP contribution < -0.4 is 10.1 Å². The van der Waals surface area contributed by atoms with Gasteiger partial charge in [0, 0.05) is 55.9 Å². The molecule has 0 saturated heterocycles. The Morgan fingerprint density at radius 1 is 1.28 bits per heavy atom. The smallest absolute Gasteiger partial charge is 0.213 e. The third-order valence-electron chi connectivity index (χ3n) is 5.19. The van der Waals surface area contributed by atoms with Crippen LogP contribution in [-0.2, 0) is 9.53 Å². The number of methoxy groups -OCH3 is 2. The van der Waals surface area contributed by atoms with E-state index in [0.29, 0.717) is 12.5 Å². The number of rotatable bonds is 9. The number of anilines is 1. The van der Waals surface area contributed by atoms with Crippen molar-refractivity contribution in [2.24, 2.45) is 11.0 Å². The Morgan fingerprint density at radius 3 is 2.83 bits per heavy atom. The monoisotopic (exact) mass is 396 g/mol. The highest BCUT2D eigenvalue weighted by molar-refractivity contribution is 5.80. The van der Waals surface area contributed by atoms with Crippen molar-refractivity contribution in [1.82, 2.24) is 9.99 Å². The van der Waals surface area contributed by atoms with E-state index in [0.717, 1.165) is 47.3 Å². The second-order valence-corrected chi connectivity index (χ2v) is 7.18. The van der Waals surface area contributed by atoms with Crippen molar-refractivity contribution in [3.63, 3.8) is 0 Å². The summed E-state index contributed by atoms with van der Waals surface area (Å²) in [6.07, 6.45) is 5.37. The summed E-state index contributed by atoms with van der Waals surface area (Å²) >= 11 is 0. The van der Waals surface area contributed by atoms with Crippen molar-refractivity contribution in [1.29, 1.82) is 0 Å². The molecule has 0 bridgehead atoms. The van der Waals surface area contributed by atoms with Gasteiger partial charge in [0.25, 0.3) is 0 Å². The first kappa shape index (κ1) is 20.8. The van der Waals surface area contributed by atoms with Gasteiger partial charge in [0.05, 0.1) is 13.2 Å². The number of carbonyl (C=O) groups is 1. The topological polar surface area (TPSA) is 76.1 Å². The standard InChI is InChI=1S/C22H28N4O3/c1-15-12-23-21(29-4)11-19(15)17-6-7-18(20(10-17)24-14-27)22-16(2)13-25-26(22)8-5-9-28-3/h6-7,10-14,16,22H,5,8-9H2,1-4H3,(H,24,27). The Hall–Kier alpha value is -2.93. The highest BCUT2D eigenvalue weighted by atomic mass is 16.5. The number of pyridine rings is 1. The molecule has 0 aliphatic carbocycles. The normalized spacial score (nSPS) is 18.1. The molecular weight excluding hydrogens is 368 g/mol. The third kappa shape index (κ3) is 4.56. The van der Waals surface area contributed by atoms with E-state index in [4.69, 9.17) is 9.47 Å². The van der Waals surface area contributed by atoms with E-state index in [1.165, 1.54) is 0 Å². The number of aromatic nitrogens is 1. The number of hydrazone groups is 1. The SMILES string of the molecule is COCCCN1N=CC(C)C1c1ccc(-c2cc(OC)ncc2C)cc1NC=O. The fourth-order valence-electron chi connectivity index (χ4n) is 3.72. The summed E-state index contributed by atoms with van der Waals surface area (Å²) in [7, 11) is 3.30. The van der Waals surface area contributed by atoms with E-state index in [1.54, 1.807) is 20.4 Å². The van der Waals surface area contributed by atoms with Crippen molar-refractivity contribution < 1.29 is 14.3 Å². The number of aryl methyl sites for hydroxylation is 1. The number of hydrogen-bond acceptors (Lipinski definition) is 6. The van der Waals surface area contributed by atoms with Gasteiger partial charge in [-0.15, -0.1) is 0 Å². The van der Waals surface area contributed by atoms with Crippen molar-refractivity contribution in [3.05, 3.63) is 41.6 Å². The van der Waals surface area contributed by atoms with E-state index in [1.807, 2.05) is 25.3 Å². The number of carbonyl (C=O) groups excluding carboxylic acids is 1. The molecule has 0 fully saturated rings. The number of ether oxygens (including phenoxy) is 2. The zero-order valence-corrected chi connectivity index (χ0v) is 17.4. The van der Waals surface area contributed by atoms with Gasteiger partial charge in [-0.05, 0) is 36.1 Å². The Balaban J connectivity index is 1.97. The van der Waals surface area contributed by atoms with Crippen molar-refractivity contribution in [3.8, 4) is 17.0 Å². The van der Waals surface area contributed by atoms with Gasteiger partial charge >= 0.3 is 0 Å². The van der Waals surface area contributed by atoms with Crippen LogP contribution in [0.25, 0.3) is 11.1 Å². The van der Waals surface area contributed by atoms with E-state index >= 15 is 0 Å². The zero-order chi connectivity index (χ0) is 20.8. The first-order valence-electron chi connectivity index (χ1n) is 9.73. The van der Waals surface area contributed by atoms with Gasteiger partial charge < -0.3 is 14.8 Å². The molecule has 154 valence electrons. The molecule has 29 heavy (non-hydrogen) atoms. The molecule has 1 aromatic carbocycles. The maximum absolute atomic E-state index is 11.3. The van der Waals surface area contributed by atoms with Gasteiger partial charge in [0.2, 0.25) is 12.3 Å². The fourth-order valence-corrected chi connectivity index (χ4v) is 3.72. The molecule has 3 rings (SSSR count). The van der Waals surface area contributed by atoms with Crippen LogP contribution in [0, 0.1) is 12.8 Å². The Kier molecular flexibility index (Phi) is 6.82. The molecule has 2 aromatic rings. The molecule has 1 aromatic heterocycles. The predicted molar refractivity (Wildman–Crippen MR) is 114 cm³/mol. The molecule has 1 aliphatic heterocycles. The van der Waals surface area contributed by atoms with Crippen molar-refractivity contribution >= 4 is 18.3 Å². The average molecular weight is 396 g/mol. The Bertz CT molecular complexity index is 884. The minimum Gasteiger partial charge on any atom is -0.481 e. The molecule has 2 unspecified atom stereocenters. The number of hydrogen-bond donors (Lipinski definition) is 1. The maximum atomic E-state index is 11.3. The maximum Gasteiger partial charge on any atom is 0.213 e. The number of benzene rings is 1. The minimum atomic E-state index is 0.0661. The van der Waals surface area contributed by atoms with Crippen molar-refractivity contribution in [2.75, 3.05) is 32.7 Å². The van der Waals surface area contributed by atoms with Gasteiger partial charge in [-0.1, -0.05) is 19.1 Å². The lowest BCUT2D eigenvalue weighted by atomic mass is 9.91. The second kappa shape index (κ2) is 9.52. The first-order chi connectivity index (χ1) is 14.1. The van der Waals surface area contributed by atoms with Gasteiger partial charge in [-0.3, -0.25) is 9.80 Å². The molecular formula is C22H28N4O3. The van der Waals surface area contributed by atoms with Crippen molar-refractivity contribution in [2.45, 2.75) is 26.3 Å². The minimum absolute atomic E-state index is 0.0661. The largest absolute Gasteiger partial charge is 0.481 e. The zero-order valence-electron chi connectivity index (χ0n) is 17.4.